The summed E-state index contributed by atoms with van der Waals surface area (Å²) >= 11 is 0. The van der Waals surface area contributed by atoms with Crippen molar-refractivity contribution >= 4 is 11.7 Å². The summed E-state index contributed by atoms with van der Waals surface area (Å²) in [6.07, 6.45) is 1.61. The summed E-state index contributed by atoms with van der Waals surface area (Å²) in [6, 6.07) is 5.75. The summed E-state index contributed by atoms with van der Waals surface area (Å²) in [5.74, 6) is -0.504. The molecular formula is C13H16N4O2. The third-order valence-electron chi connectivity index (χ3n) is 2.53. The molecule has 0 aliphatic carbocycles. The molecule has 2 aromatic heterocycles. The van der Waals surface area contributed by atoms with E-state index in [0.29, 0.717) is 18.8 Å². The molecule has 0 unspecified atom stereocenters. The molecule has 0 saturated heterocycles. The number of rotatable bonds is 4. The molecule has 6 nitrogen and oxygen atoms in total. The molecule has 0 bridgehead atoms. The van der Waals surface area contributed by atoms with Gasteiger partial charge in [0.25, 0.3) is 0 Å². The zero-order chi connectivity index (χ0) is 13.8. The van der Waals surface area contributed by atoms with Gasteiger partial charge < -0.3 is 10.5 Å². The summed E-state index contributed by atoms with van der Waals surface area (Å²) in [5, 5.41) is 4.13. The van der Waals surface area contributed by atoms with Crippen molar-refractivity contribution in [2.24, 2.45) is 0 Å². The summed E-state index contributed by atoms with van der Waals surface area (Å²) in [7, 11) is 0. The van der Waals surface area contributed by atoms with Gasteiger partial charge >= 0.3 is 5.97 Å². The second kappa shape index (κ2) is 5.51. The molecule has 6 heteroatoms. The number of ether oxygens (including phenoxy) is 1. The Morgan fingerprint density at radius 2 is 2.26 bits per heavy atom. The number of nitrogens with zero attached hydrogens (tertiary/aromatic N) is 3. The lowest BCUT2D eigenvalue weighted by atomic mass is 10.3. The number of hydrogen-bond donors (Lipinski definition) is 1. The quantitative estimate of drug-likeness (QED) is 0.840. The molecule has 0 saturated carbocycles. The second-order valence-electron chi connectivity index (χ2n) is 4.12. The number of esters is 1. The van der Waals surface area contributed by atoms with Crippen molar-refractivity contribution in [3.8, 4) is 0 Å². The van der Waals surface area contributed by atoms with Crippen molar-refractivity contribution in [1.29, 1.82) is 0 Å². The molecule has 100 valence electrons. The zero-order valence-corrected chi connectivity index (χ0v) is 11.0. The van der Waals surface area contributed by atoms with Crippen molar-refractivity contribution in [2.75, 3.05) is 12.3 Å². The molecule has 0 aliphatic rings. The Balaban J connectivity index is 2.18. The van der Waals surface area contributed by atoms with E-state index in [1.54, 1.807) is 17.8 Å². The van der Waals surface area contributed by atoms with Crippen LogP contribution in [0, 0.1) is 6.92 Å². The van der Waals surface area contributed by atoms with Gasteiger partial charge in [0.1, 0.15) is 0 Å². The van der Waals surface area contributed by atoms with Gasteiger partial charge in [0.15, 0.2) is 5.69 Å². The number of anilines is 1. The minimum absolute atomic E-state index is 0.148. The number of aromatic nitrogens is 3. The first-order valence-electron chi connectivity index (χ1n) is 6.02. The van der Waals surface area contributed by atoms with Crippen molar-refractivity contribution in [1.82, 2.24) is 14.8 Å². The van der Waals surface area contributed by atoms with Crippen LogP contribution in [-0.4, -0.2) is 27.3 Å². The molecule has 2 rings (SSSR count). The summed E-state index contributed by atoms with van der Waals surface area (Å²) in [4.78, 5) is 16.0. The largest absolute Gasteiger partial charge is 0.461 e. The maximum Gasteiger partial charge on any atom is 0.361 e. The number of nitrogens with two attached hydrogens (primary N) is 1. The number of aryl methyl sites for hydroxylation is 1. The molecule has 2 heterocycles. The highest BCUT2D eigenvalue weighted by Crippen LogP contribution is 2.12. The Morgan fingerprint density at radius 1 is 1.47 bits per heavy atom. The van der Waals surface area contributed by atoms with Crippen LogP contribution in [0.25, 0.3) is 0 Å². The van der Waals surface area contributed by atoms with Crippen LogP contribution in [0.3, 0.4) is 0 Å². The Morgan fingerprint density at radius 3 is 2.95 bits per heavy atom. The van der Waals surface area contributed by atoms with Crippen molar-refractivity contribution < 1.29 is 9.53 Å². The molecule has 19 heavy (non-hydrogen) atoms. The fourth-order valence-electron chi connectivity index (χ4n) is 1.73. The number of hydrogen-bond acceptors (Lipinski definition) is 5. The number of carbonyl (C=O) groups excluding carboxylic acids is 1. The van der Waals surface area contributed by atoms with Gasteiger partial charge in [-0.15, -0.1) is 0 Å². The average molecular weight is 260 g/mol. The normalized spacial score (nSPS) is 10.4. The van der Waals surface area contributed by atoms with E-state index in [1.807, 2.05) is 25.1 Å². The van der Waals surface area contributed by atoms with E-state index in [1.165, 1.54) is 0 Å². The van der Waals surface area contributed by atoms with Crippen LogP contribution in [0.15, 0.2) is 24.4 Å². The molecular weight excluding hydrogens is 244 g/mol. The topological polar surface area (TPSA) is 83.0 Å². The Hall–Kier alpha value is -2.37. The molecule has 2 N–H and O–H groups in total. The predicted octanol–water partition coefficient (Wildman–Crippen LogP) is 1.39. The highest BCUT2D eigenvalue weighted by molar-refractivity contribution is 5.92. The van der Waals surface area contributed by atoms with Gasteiger partial charge in [-0.2, -0.15) is 5.10 Å². The molecule has 2 aromatic rings. The van der Waals surface area contributed by atoms with E-state index >= 15 is 0 Å². The van der Waals surface area contributed by atoms with Gasteiger partial charge in [-0.1, -0.05) is 6.07 Å². The van der Waals surface area contributed by atoms with E-state index in [0.717, 1.165) is 11.4 Å². The molecule has 0 aromatic carbocycles. The fourth-order valence-corrected chi connectivity index (χ4v) is 1.73. The third-order valence-corrected chi connectivity index (χ3v) is 2.53. The average Bonchev–Trinajstić information content (AvgIpc) is 2.70. The first-order chi connectivity index (χ1) is 9.10. The number of carbonyl (C=O) groups is 1. The van der Waals surface area contributed by atoms with E-state index in [-0.39, 0.29) is 5.69 Å². The SMILES string of the molecule is CCOC(=O)c1nn(Cc2cccc(C)n2)cc1N. The molecule has 0 aliphatic heterocycles. The van der Waals surface area contributed by atoms with Crippen LogP contribution in [0.5, 0.6) is 0 Å². The minimum Gasteiger partial charge on any atom is -0.461 e. The van der Waals surface area contributed by atoms with Gasteiger partial charge in [0.05, 0.1) is 24.5 Å². The van der Waals surface area contributed by atoms with Gasteiger partial charge in [0, 0.05) is 11.9 Å². The van der Waals surface area contributed by atoms with Crippen LogP contribution in [0.1, 0.15) is 28.8 Å². The smallest absolute Gasteiger partial charge is 0.361 e. The molecule has 0 amide bonds. The van der Waals surface area contributed by atoms with Crippen LogP contribution >= 0.6 is 0 Å². The fraction of sp³-hybridized carbons (Fsp3) is 0.308. The van der Waals surface area contributed by atoms with Crippen molar-refractivity contribution in [2.45, 2.75) is 20.4 Å². The molecule has 0 atom stereocenters. The third kappa shape index (κ3) is 3.09. The Kier molecular flexibility index (Phi) is 3.79. The summed E-state index contributed by atoms with van der Waals surface area (Å²) in [5.41, 5.74) is 8.00. The molecule has 0 fully saturated rings. The van der Waals surface area contributed by atoms with Crippen molar-refractivity contribution in [3.05, 3.63) is 41.5 Å². The lowest BCUT2D eigenvalue weighted by Gasteiger charge is -2.02. The van der Waals surface area contributed by atoms with Crippen molar-refractivity contribution in [3.63, 3.8) is 0 Å². The van der Waals surface area contributed by atoms with E-state index in [4.69, 9.17) is 10.5 Å². The lowest BCUT2D eigenvalue weighted by Crippen LogP contribution is -2.09. The number of nitrogen functional groups attached to an aromatic ring is 1. The monoisotopic (exact) mass is 260 g/mol. The van der Waals surface area contributed by atoms with Crippen LogP contribution in [0.4, 0.5) is 5.69 Å². The van der Waals surface area contributed by atoms with E-state index < -0.39 is 5.97 Å². The maximum atomic E-state index is 11.6. The minimum atomic E-state index is -0.504. The lowest BCUT2D eigenvalue weighted by molar-refractivity contribution is 0.0519. The van der Waals surface area contributed by atoms with E-state index in [9.17, 15) is 4.79 Å². The van der Waals surface area contributed by atoms with Gasteiger partial charge in [0.2, 0.25) is 0 Å². The van der Waals surface area contributed by atoms with E-state index in [2.05, 4.69) is 10.1 Å². The van der Waals surface area contributed by atoms with Crippen LogP contribution < -0.4 is 5.73 Å². The Bertz CT molecular complexity index is 592. The predicted molar refractivity (Wildman–Crippen MR) is 70.7 cm³/mol. The Labute approximate surface area is 111 Å². The molecule has 0 spiro atoms. The van der Waals surface area contributed by atoms with Gasteiger partial charge in [-0.25, -0.2) is 4.79 Å². The molecule has 0 radical (unpaired) electrons. The van der Waals surface area contributed by atoms with Gasteiger partial charge in [-0.05, 0) is 26.0 Å². The van der Waals surface area contributed by atoms with Crippen LogP contribution in [-0.2, 0) is 11.3 Å². The second-order valence-corrected chi connectivity index (χ2v) is 4.12. The van der Waals surface area contributed by atoms with Gasteiger partial charge in [-0.3, -0.25) is 9.67 Å². The first-order valence-corrected chi connectivity index (χ1v) is 6.02. The highest BCUT2D eigenvalue weighted by Gasteiger charge is 2.16. The standard InChI is InChI=1S/C13H16N4O2/c1-3-19-13(18)12-11(14)8-17(16-12)7-10-6-4-5-9(2)15-10/h4-6,8H,3,7,14H2,1-2H3. The number of pyridine rings is 1. The summed E-state index contributed by atoms with van der Waals surface area (Å²) < 4.78 is 6.47. The maximum absolute atomic E-state index is 11.6. The van der Waals surface area contributed by atoms with Crippen LogP contribution in [0.2, 0.25) is 0 Å². The zero-order valence-electron chi connectivity index (χ0n) is 11.0. The summed E-state index contributed by atoms with van der Waals surface area (Å²) in [6.45, 7) is 4.42. The first kappa shape index (κ1) is 13.1. The highest BCUT2D eigenvalue weighted by atomic mass is 16.5.